The highest BCUT2D eigenvalue weighted by Gasteiger charge is 2.40. The first-order chi connectivity index (χ1) is 16.3. The first-order valence-electron chi connectivity index (χ1n) is 11.7. The summed E-state index contributed by atoms with van der Waals surface area (Å²) < 4.78 is 27.8. The number of amides is 1. The van der Waals surface area contributed by atoms with Gasteiger partial charge in [0, 0.05) is 48.8 Å². The molecule has 1 aliphatic carbocycles. The van der Waals surface area contributed by atoms with Crippen LogP contribution in [0.5, 0.6) is 0 Å². The van der Waals surface area contributed by atoms with Gasteiger partial charge in [0.15, 0.2) is 11.6 Å². The molecule has 8 heteroatoms. The third kappa shape index (κ3) is 4.73. The van der Waals surface area contributed by atoms with Gasteiger partial charge in [0.1, 0.15) is 11.6 Å². The van der Waals surface area contributed by atoms with Crippen molar-refractivity contribution in [3.63, 3.8) is 0 Å². The van der Waals surface area contributed by atoms with Gasteiger partial charge < -0.3 is 10.6 Å². The quantitative estimate of drug-likeness (QED) is 0.677. The average Bonchev–Trinajstić information content (AvgIpc) is 3.66. The number of likely N-dealkylation sites (tertiary alicyclic amines) is 1. The molecule has 1 saturated carbocycles. The Labute approximate surface area is 196 Å². The maximum Gasteiger partial charge on any atom is 0.254 e. The number of nitrogens with zero attached hydrogens (tertiary/aromatic N) is 1. The summed E-state index contributed by atoms with van der Waals surface area (Å²) in [7, 11) is 0. The number of hydrogen-bond donors (Lipinski definition) is 2. The molecular formula is C26H27F2N3O3. The minimum Gasteiger partial charge on any atom is -0.378 e. The Morgan fingerprint density at radius 3 is 2.59 bits per heavy atom. The largest absolute Gasteiger partial charge is 0.378 e. The highest BCUT2D eigenvalue weighted by atomic mass is 19.1. The summed E-state index contributed by atoms with van der Waals surface area (Å²) in [6, 6.07) is 8.77. The molecule has 0 atom stereocenters. The number of ketones is 2. The molecule has 3 aliphatic rings. The molecule has 6 nitrogen and oxygen atoms in total. The van der Waals surface area contributed by atoms with Crippen LogP contribution in [0, 0.1) is 17.6 Å². The number of halogens is 2. The fourth-order valence-electron chi connectivity index (χ4n) is 4.94. The lowest BCUT2D eigenvalue weighted by molar-refractivity contribution is -0.119. The number of piperidine rings is 1. The molecular weight excluding hydrogens is 440 g/mol. The van der Waals surface area contributed by atoms with Gasteiger partial charge in [0.25, 0.3) is 5.91 Å². The summed E-state index contributed by atoms with van der Waals surface area (Å²) in [5.41, 5.74) is 1.49. The van der Waals surface area contributed by atoms with Crippen molar-refractivity contribution in [1.29, 1.82) is 0 Å². The van der Waals surface area contributed by atoms with E-state index < -0.39 is 17.5 Å². The number of benzene rings is 2. The Kier molecular flexibility index (Phi) is 5.93. The molecule has 2 N–H and O–H groups in total. The zero-order valence-corrected chi connectivity index (χ0v) is 18.8. The Morgan fingerprint density at radius 2 is 1.85 bits per heavy atom. The second kappa shape index (κ2) is 8.91. The van der Waals surface area contributed by atoms with Gasteiger partial charge in [-0.1, -0.05) is 6.07 Å². The van der Waals surface area contributed by atoms with Gasteiger partial charge in [-0.25, -0.2) is 8.78 Å². The molecule has 0 unspecified atom stereocenters. The summed E-state index contributed by atoms with van der Waals surface area (Å²) in [4.78, 5) is 39.1. The molecule has 2 aliphatic heterocycles. The van der Waals surface area contributed by atoms with Crippen LogP contribution in [-0.2, 0) is 11.3 Å². The van der Waals surface area contributed by atoms with Crippen molar-refractivity contribution in [2.45, 2.75) is 44.2 Å². The van der Waals surface area contributed by atoms with Crippen LogP contribution in [0.25, 0.3) is 0 Å². The number of rotatable bonds is 6. The molecule has 2 fully saturated rings. The molecule has 2 heterocycles. The number of fused-ring (bicyclic) bond motifs is 1. The molecule has 178 valence electrons. The highest BCUT2D eigenvalue weighted by molar-refractivity contribution is 6.04. The van der Waals surface area contributed by atoms with Crippen molar-refractivity contribution in [1.82, 2.24) is 10.2 Å². The first kappa shape index (κ1) is 22.7. The van der Waals surface area contributed by atoms with Crippen LogP contribution in [0.15, 0.2) is 36.4 Å². The molecule has 2 aromatic carbocycles. The number of anilines is 1. The lowest BCUT2D eigenvalue weighted by Crippen LogP contribution is -2.52. The third-order valence-electron chi connectivity index (χ3n) is 7.13. The van der Waals surface area contributed by atoms with Crippen molar-refractivity contribution >= 4 is 23.2 Å². The van der Waals surface area contributed by atoms with E-state index in [0.29, 0.717) is 24.2 Å². The maximum atomic E-state index is 14.3. The van der Waals surface area contributed by atoms with Gasteiger partial charge in [0.05, 0.1) is 12.1 Å². The van der Waals surface area contributed by atoms with Crippen LogP contribution in [0.4, 0.5) is 14.5 Å². The fourth-order valence-corrected chi connectivity index (χ4v) is 4.94. The Hall–Kier alpha value is -3.13. The summed E-state index contributed by atoms with van der Waals surface area (Å²) in [6.45, 7) is 1.94. The first-order valence-corrected chi connectivity index (χ1v) is 11.7. The molecule has 34 heavy (non-hydrogen) atoms. The van der Waals surface area contributed by atoms with Gasteiger partial charge in [-0.3, -0.25) is 19.3 Å². The van der Waals surface area contributed by atoms with E-state index in [2.05, 4.69) is 15.5 Å². The van der Waals surface area contributed by atoms with Crippen molar-refractivity contribution < 1.29 is 23.2 Å². The predicted molar refractivity (Wildman–Crippen MR) is 123 cm³/mol. The lowest BCUT2D eigenvalue weighted by Gasteiger charge is -2.45. The summed E-state index contributed by atoms with van der Waals surface area (Å²) >= 11 is 0. The van der Waals surface area contributed by atoms with E-state index in [-0.39, 0.29) is 35.1 Å². The van der Waals surface area contributed by atoms with E-state index in [4.69, 9.17) is 0 Å². The minimum absolute atomic E-state index is 0.00489. The van der Waals surface area contributed by atoms with E-state index in [9.17, 15) is 23.2 Å². The third-order valence-corrected chi connectivity index (χ3v) is 7.13. The van der Waals surface area contributed by atoms with Crippen molar-refractivity contribution in [2.24, 2.45) is 5.92 Å². The maximum absolute atomic E-state index is 14.3. The summed E-state index contributed by atoms with van der Waals surface area (Å²) in [5.74, 6) is -1.61. The van der Waals surface area contributed by atoms with Crippen molar-refractivity contribution in [2.75, 3.05) is 25.0 Å². The molecule has 1 saturated heterocycles. The van der Waals surface area contributed by atoms with Gasteiger partial charge >= 0.3 is 0 Å². The molecule has 1 spiro atoms. The second-order valence-electron chi connectivity index (χ2n) is 9.71. The van der Waals surface area contributed by atoms with E-state index in [0.717, 1.165) is 44.3 Å². The number of hydrogen-bond acceptors (Lipinski definition) is 5. The summed E-state index contributed by atoms with van der Waals surface area (Å²) in [5, 5.41) is 6.02. The van der Waals surface area contributed by atoms with Gasteiger partial charge in [-0.05, 0) is 61.6 Å². The SMILES string of the molecule is O=C(NCC(=O)C1CC1)c1cc(CN2CCC3(CC2)CC(=O)c2cc(F)ccc2N3)ccc1F. The summed E-state index contributed by atoms with van der Waals surface area (Å²) in [6.07, 6.45) is 3.55. The average molecular weight is 468 g/mol. The number of nitrogens with one attached hydrogen (secondary N) is 2. The fraction of sp³-hybridized carbons (Fsp3) is 0.423. The smallest absolute Gasteiger partial charge is 0.254 e. The van der Waals surface area contributed by atoms with Crippen molar-refractivity contribution in [3.8, 4) is 0 Å². The number of Topliss-reactive ketones (excluding diaryl/α,β-unsaturated/α-hetero) is 2. The molecule has 0 bridgehead atoms. The number of carbonyl (C=O) groups excluding carboxylic acids is 3. The Bertz CT molecular complexity index is 1150. The van der Waals surface area contributed by atoms with E-state index in [1.807, 2.05) is 0 Å². The van der Waals surface area contributed by atoms with E-state index in [1.54, 1.807) is 18.2 Å². The monoisotopic (exact) mass is 467 g/mol. The van der Waals surface area contributed by atoms with Crippen LogP contribution >= 0.6 is 0 Å². The molecule has 0 aromatic heterocycles. The van der Waals surface area contributed by atoms with E-state index >= 15 is 0 Å². The highest BCUT2D eigenvalue weighted by Crippen LogP contribution is 2.38. The normalized spacial score (nSPS) is 19.4. The zero-order chi connectivity index (χ0) is 23.9. The second-order valence-corrected chi connectivity index (χ2v) is 9.71. The van der Waals surface area contributed by atoms with Gasteiger partial charge in [-0.15, -0.1) is 0 Å². The van der Waals surface area contributed by atoms with Crippen LogP contribution in [0.1, 0.15) is 58.4 Å². The topological polar surface area (TPSA) is 78.5 Å². The van der Waals surface area contributed by atoms with Gasteiger partial charge in [0.2, 0.25) is 0 Å². The molecule has 0 radical (unpaired) electrons. The lowest BCUT2D eigenvalue weighted by atomic mass is 9.78. The molecule has 1 amide bonds. The van der Waals surface area contributed by atoms with E-state index in [1.165, 1.54) is 18.2 Å². The zero-order valence-electron chi connectivity index (χ0n) is 18.8. The van der Waals surface area contributed by atoms with Crippen LogP contribution in [0.3, 0.4) is 0 Å². The minimum atomic E-state index is -0.613. The molecule has 2 aromatic rings. The predicted octanol–water partition coefficient (Wildman–Crippen LogP) is 3.71. The van der Waals surface area contributed by atoms with Crippen LogP contribution in [-0.4, -0.2) is 47.5 Å². The number of carbonyl (C=O) groups is 3. The Balaban J connectivity index is 1.20. The standard InChI is InChI=1S/C26H27F2N3O3/c27-18-4-6-22-20(12-18)23(32)13-26(30-22)7-9-31(10-8-26)15-16-1-5-21(28)19(11-16)25(34)29-14-24(33)17-2-3-17/h1,4-6,11-12,17,30H,2-3,7-10,13-15H2,(H,29,34). The Morgan fingerprint density at radius 1 is 1.09 bits per heavy atom. The van der Waals surface area contributed by atoms with Crippen molar-refractivity contribution in [3.05, 3.63) is 64.7 Å². The van der Waals surface area contributed by atoms with Crippen LogP contribution in [0.2, 0.25) is 0 Å². The molecule has 5 rings (SSSR count). The van der Waals surface area contributed by atoms with Crippen LogP contribution < -0.4 is 10.6 Å². The van der Waals surface area contributed by atoms with Gasteiger partial charge in [-0.2, -0.15) is 0 Å².